The van der Waals surface area contributed by atoms with Gasteiger partial charge in [-0.05, 0) is 58.2 Å². The Labute approximate surface area is 239 Å². The van der Waals surface area contributed by atoms with Crippen molar-refractivity contribution < 1.29 is 9.53 Å². The van der Waals surface area contributed by atoms with E-state index >= 15 is 0 Å². The van der Waals surface area contributed by atoms with Gasteiger partial charge in [0.25, 0.3) is 5.91 Å². The molecule has 6 rings (SSSR count). The minimum absolute atomic E-state index is 0.240. The normalized spacial score (nSPS) is 16.4. The van der Waals surface area contributed by atoms with Crippen molar-refractivity contribution in [1.29, 1.82) is 0 Å². The Kier molecular flexibility index (Phi) is 7.42. The monoisotopic (exact) mass is 552 g/mol. The molecule has 5 heterocycles. The first kappa shape index (κ1) is 26.9. The van der Waals surface area contributed by atoms with Crippen LogP contribution in [0.2, 0.25) is 0 Å². The SMILES string of the molecule is Cc1cccc(Cn2nc(C)c3c(NC(=O)c4cnc5cc(OCCN6CCN(C)C(C)C6)ccn45)cccc32)n1. The Hall–Kier alpha value is -4.28. The second-order valence-electron chi connectivity index (χ2n) is 10.9. The zero-order valence-electron chi connectivity index (χ0n) is 24.0. The molecule has 0 aliphatic carbocycles. The highest BCUT2D eigenvalue weighted by atomic mass is 16.5. The number of carbonyl (C=O) groups is 1. The number of benzene rings is 1. The van der Waals surface area contributed by atoms with Crippen molar-refractivity contribution in [2.45, 2.75) is 33.4 Å². The maximum atomic E-state index is 13.4. The largest absolute Gasteiger partial charge is 0.492 e. The first-order valence-electron chi connectivity index (χ1n) is 14.1. The first-order chi connectivity index (χ1) is 19.9. The van der Waals surface area contributed by atoms with E-state index < -0.39 is 0 Å². The van der Waals surface area contributed by atoms with E-state index in [1.165, 1.54) is 0 Å². The predicted octanol–water partition coefficient (Wildman–Crippen LogP) is 4.01. The second-order valence-corrected chi connectivity index (χ2v) is 10.9. The van der Waals surface area contributed by atoms with Crippen molar-refractivity contribution in [2.24, 2.45) is 0 Å². The number of amides is 1. The van der Waals surface area contributed by atoms with Gasteiger partial charge in [-0.25, -0.2) is 4.98 Å². The molecule has 0 spiro atoms. The van der Waals surface area contributed by atoms with Crippen LogP contribution in [-0.2, 0) is 6.54 Å². The molecule has 1 saturated heterocycles. The second kappa shape index (κ2) is 11.3. The number of nitrogens with zero attached hydrogens (tertiary/aromatic N) is 7. The van der Waals surface area contributed by atoms with Gasteiger partial charge in [0.1, 0.15) is 23.7 Å². The van der Waals surface area contributed by atoms with Crippen molar-refractivity contribution >= 4 is 28.1 Å². The van der Waals surface area contributed by atoms with E-state index in [1.807, 2.05) is 73.3 Å². The molecule has 4 aromatic heterocycles. The molecule has 1 N–H and O–H groups in total. The Morgan fingerprint density at radius 3 is 2.80 bits per heavy atom. The summed E-state index contributed by atoms with van der Waals surface area (Å²) in [7, 11) is 2.17. The third kappa shape index (κ3) is 5.66. The smallest absolute Gasteiger partial charge is 0.274 e. The van der Waals surface area contributed by atoms with Gasteiger partial charge >= 0.3 is 0 Å². The third-order valence-electron chi connectivity index (χ3n) is 7.90. The summed E-state index contributed by atoms with van der Waals surface area (Å²) in [6.45, 7) is 11.4. The number of aryl methyl sites for hydroxylation is 2. The van der Waals surface area contributed by atoms with Crippen LogP contribution in [0.25, 0.3) is 16.6 Å². The van der Waals surface area contributed by atoms with Gasteiger partial charge in [-0.1, -0.05) is 12.1 Å². The van der Waals surface area contributed by atoms with Crippen LogP contribution in [0.15, 0.2) is 60.9 Å². The summed E-state index contributed by atoms with van der Waals surface area (Å²) in [6.07, 6.45) is 3.43. The molecule has 10 heteroatoms. The number of aromatic nitrogens is 5. The lowest BCUT2D eigenvalue weighted by atomic mass is 10.1. The molecule has 1 unspecified atom stereocenters. The molecule has 212 valence electrons. The van der Waals surface area contributed by atoms with Crippen LogP contribution in [0.4, 0.5) is 5.69 Å². The summed E-state index contributed by atoms with van der Waals surface area (Å²) in [6, 6.07) is 16.1. The van der Waals surface area contributed by atoms with Crippen LogP contribution in [0, 0.1) is 13.8 Å². The van der Waals surface area contributed by atoms with E-state index in [-0.39, 0.29) is 5.91 Å². The Balaban J connectivity index is 1.15. The molecule has 1 atom stereocenters. The highest BCUT2D eigenvalue weighted by Gasteiger charge is 2.21. The first-order valence-corrected chi connectivity index (χ1v) is 14.1. The zero-order valence-corrected chi connectivity index (χ0v) is 24.0. The number of fused-ring (bicyclic) bond motifs is 2. The van der Waals surface area contributed by atoms with Gasteiger partial charge in [0, 0.05) is 55.6 Å². The number of imidazole rings is 1. The molecule has 5 aromatic rings. The average molecular weight is 553 g/mol. The van der Waals surface area contributed by atoms with Crippen LogP contribution < -0.4 is 10.1 Å². The fourth-order valence-corrected chi connectivity index (χ4v) is 5.51. The fraction of sp³-hybridized carbons (Fsp3) is 0.355. The number of nitrogens with one attached hydrogen (secondary N) is 1. The van der Waals surface area contributed by atoms with E-state index in [0.717, 1.165) is 59.9 Å². The lowest BCUT2D eigenvalue weighted by molar-refractivity contribution is 0.0928. The molecular formula is C31H36N8O2. The van der Waals surface area contributed by atoms with Crippen LogP contribution in [0.3, 0.4) is 0 Å². The van der Waals surface area contributed by atoms with Crippen LogP contribution in [-0.4, -0.2) is 85.7 Å². The van der Waals surface area contributed by atoms with Gasteiger partial charge in [-0.15, -0.1) is 0 Å². The molecular weight excluding hydrogens is 516 g/mol. The molecule has 1 aliphatic rings. The van der Waals surface area contributed by atoms with Crippen molar-refractivity contribution in [3.63, 3.8) is 0 Å². The summed E-state index contributed by atoms with van der Waals surface area (Å²) >= 11 is 0. The summed E-state index contributed by atoms with van der Waals surface area (Å²) in [5.74, 6) is 0.503. The number of rotatable bonds is 8. The van der Waals surface area contributed by atoms with Crippen molar-refractivity contribution in [3.8, 4) is 5.75 Å². The van der Waals surface area contributed by atoms with Gasteiger partial charge in [0.05, 0.1) is 35.3 Å². The summed E-state index contributed by atoms with van der Waals surface area (Å²) in [5.41, 5.74) is 5.51. The van der Waals surface area contributed by atoms with E-state index in [1.54, 1.807) is 10.6 Å². The number of likely N-dealkylation sites (N-methyl/N-ethyl adjacent to an activating group) is 1. The standard InChI is InChI=1S/C31H36N8O2/c1-21-7-5-8-24(33-21)20-39-27-10-6-9-26(30(27)23(3)35-39)34-31(40)28-18-32-29-17-25(11-12-38(28)29)41-16-15-37-14-13-36(4)22(2)19-37/h5-12,17-18,22H,13-16,19-20H2,1-4H3,(H,34,40). The molecule has 0 saturated carbocycles. The third-order valence-corrected chi connectivity index (χ3v) is 7.90. The van der Waals surface area contributed by atoms with Gasteiger partial charge in [-0.3, -0.25) is 23.8 Å². The zero-order chi connectivity index (χ0) is 28.5. The molecule has 0 bridgehead atoms. The molecule has 0 radical (unpaired) electrons. The minimum Gasteiger partial charge on any atom is -0.492 e. The number of hydrogen-bond acceptors (Lipinski definition) is 7. The highest BCUT2D eigenvalue weighted by molar-refractivity contribution is 6.08. The van der Waals surface area contributed by atoms with E-state index in [0.29, 0.717) is 36.2 Å². The lowest BCUT2D eigenvalue weighted by Gasteiger charge is -2.37. The van der Waals surface area contributed by atoms with Gasteiger partial charge in [-0.2, -0.15) is 5.10 Å². The summed E-state index contributed by atoms with van der Waals surface area (Å²) in [4.78, 5) is 27.3. The van der Waals surface area contributed by atoms with Gasteiger partial charge in [0.15, 0.2) is 0 Å². The maximum absolute atomic E-state index is 13.4. The minimum atomic E-state index is -0.240. The number of pyridine rings is 2. The quantitative estimate of drug-likeness (QED) is 0.311. The van der Waals surface area contributed by atoms with E-state index in [2.05, 4.69) is 39.1 Å². The number of anilines is 1. The topological polar surface area (TPSA) is 92.8 Å². The average Bonchev–Trinajstić information content (AvgIpc) is 3.52. The van der Waals surface area contributed by atoms with Crippen LogP contribution in [0.5, 0.6) is 5.75 Å². The molecule has 1 amide bonds. The van der Waals surface area contributed by atoms with Crippen molar-refractivity contribution in [2.75, 3.05) is 45.2 Å². The Bertz CT molecular complexity index is 1710. The van der Waals surface area contributed by atoms with Crippen LogP contribution >= 0.6 is 0 Å². The summed E-state index contributed by atoms with van der Waals surface area (Å²) < 4.78 is 9.75. The number of ether oxygens (including phenoxy) is 1. The van der Waals surface area contributed by atoms with E-state index in [9.17, 15) is 4.79 Å². The predicted molar refractivity (Wildman–Crippen MR) is 160 cm³/mol. The van der Waals surface area contributed by atoms with Crippen LogP contribution in [0.1, 0.15) is 34.5 Å². The number of carbonyl (C=O) groups excluding carboxylic acids is 1. The summed E-state index contributed by atoms with van der Waals surface area (Å²) in [5, 5.41) is 8.75. The Morgan fingerprint density at radius 2 is 1.98 bits per heavy atom. The fourth-order valence-electron chi connectivity index (χ4n) is 5.51. The molecule has 1 aromatic carbocycles. The number of piperazine rings is 1. The lowest BCUT2D eigenvalue weighted by Crippen LogP contribution is -2.50. The van der Waals surface area contributed by atoms with E-state index in [4.69, 9.17) is 9.84 Å². The van der Waals surface area contributed by atoms with Crippen molar-refractivity contribution in [1.82, 2.24) is 33.9 Å². The number of hydrogen-bond donors (Lipinski definition) is 1. The molecule has 41 heavy (non-hydrogen) atoms. The maximum Gasteiger partial charge on any atom is 0.274 e. The molecule has 1 fully saturated rings. The highest BCUT2D eigenvalue weighted by Crippen LogP contribution is 2.28. The van der Waals surface area contributed by atoms with Crippen molar-refractivity contribution in [3.05, 3.63) is 83.7 Å². The molecule has 1 aliphatic heterocycles. The van der Waals surface area contributed by atoms with Gasteiger partial charge < -0.3 is 15.0 Å². The van der Waals surface area contributed by atoms with Gasteiger partial charge in [0.2, 0.25) is 0 Å². The molecule has 10 nitrogen and oxygen atoms in total. The Morgan fingerprint density at radius 1 is 1.12 bits per heavy atom.